The lowest BCUT2D eigenvalue weighted by Gasteiger charge is -2.11. The Hall–Kier alpha value is -1.91. The molecule has 0 aliphatic heterocycles. The van der Waals surface area contributed by atoms with Gasteiger partial charge in [-0.1, -0.05) is 18.2 Å². The van der Waals surface area contributed by atoms with Crippen LogP contribution in [0.1, 0.15) is 5.56 Å². The van der Waals surface area contributed by atoms with Crippen LogP contribution in [-0.2, 0) is 6.18 Å². The highest BCUT2D eigenvalue weighted by molar-refractivity contribution is 5.63. The zero-order chi connectivity index (χ0) is 11.6. The van der Waals surface area contributed by atoms with Crippen molar-refractivity contribution < 1.29 is 13.2 Å². The zero-order valence-corrected chi connectivity index (χ0v) is 8.07. The molecule has 0 atom stereocenters. The van der Waals surface area contributed by atoms with Gasteiger partial charge in [0.1, 0.15) is 6.33 Å². The van der Waals surface area contributed by atoms with Crippen LogP contribution < -0.4 is 0 Å². The monoisotopic (exact) mass is 224 g/mol. The molecule has 0 radical (unpaired) electrons. The van der Waals surface area contributed by atoms with Crippen molar-refractivity contribution in [2.75, 3.05) is 0 Å². The molecular formula is C11H7F3N2. The highest BCUT2D eigenvalue weighted by Gasteiger charge is 2.33. The van der Waals surface area contributed by atoms with Crippen LogP contribution in [0.4, 0.5) is 13.2 Å². The second-order valence-corrected chi connectivity index (χ2v) is 3.14. The van der Waals surface area contributed by atoms with E-state index in [0.717, 1.165) is 6.07 Å². The van der Waals surface area contributed by atoms with E-state index in [1.165, 1.54) is 30.7 Å². The van der Waals surface area contributed by atoms with E-state index in [0.29, 0.717) is 0 Å². The molecular weight excluding hydrogens is 217 g/mol. The minimum Gasteiger partial charge on any atom is -0.245 e. The number of nitrogens with zero attached hydrogens (tertiary/aromatic N) is 2. The zero-order valence-electron chi connectivity index (χ0n) is 8.07. The van der Waals surface area contributed by atoms with Crippen molar-refractivity contribution in [1.82, 2.24) is 9.97 Å². The lowest BCUT2D eigenvalue weighted by atomic mass is 10.0. The summed E-state index contributed by atoms with van der Waals surface area (Å²) >= 11 is 0. The number of halogens is 3. The quantitative estimate of drug-likeness (QED) is 0.743. The SMILES string of the molecule is FC(F)(F)c1ccccc1-c1ccncn1. The number of rotatable bonds is 1. The smallest absolute Gasteiger partial charge is 0.245 e. The molecule has 0 aliphatic rings. The molecule has 0 N–H and O–H groups in total. The number of aromatic nitrogens is 2. The van der Waals surface area contributed by atoms with Crippen molar-refractivity contribution in [3.8, 4) is 11.3 Å². The lowest BCUT2D eigenvalue weighted by Crippen LogP contribution is -2.07. The Morgan fingerprint density at radius 2 is 1.75 bits per heavy atom. The maximum absolute atomic E-state index is 12.7. The first-order valence-corrected chi connectivity index (χ1v) is 4.51. The highest BCUT2D eigenvalue weighted by Crippen LogP contribution is 2.35. The summed E-state index contributed by atoms with van der Waals surface area (Å²) in [4.78, 5) is 7.48. The third kappa shape index (κ3) is 2.03. The number of alkyl halides is 3. The van der Waals surface area contributed by atoms with Gasteiger partial charge in [0.25, 0.3) is 0 Å². The summed E-state index contributed by atoms with van der Waals surface area (Å²) in [6, 6.07) is 6.79. The predicted octanol–water partition coefficient (Wildman–Crippen LogP) is 3.16. The molecule has 2 aromatic rings. The molecule has 16 heavy (non-hydrogen) atoms. The Balaban J connectivity index is 2.58. The molecule has 2 rings (SSSR count). The van der Waals surface area contributed by atoms with E-state index in [1.807, 2.05) is 0 Å². The van der Waals surface area contributed by atoms with E-state index in [4.69, 9.17) is 0 Å². The van der Waals surface area contributed by atoms with Crippen LogP contribution >= 0.6 is 0 Å². The molecule has 0 saturated heterocycles. The maximum Gasteiger partial charge on any atom is 0.417 e. The second kappa shape index (κ2) is 3.92. The van der Waals surface area contributed by atoms with Gasteiger partial charge in [0.15, 0.2) is 0 Å². The number of hydrogen-bond acceptors (Lipinski definition) is 2. The summed E-state index contributed by atoms with van der Waals surface area (Å²) in [5.74, 6) is 0. The standard InChI is InChI=1S/C11H7F3N2/c12-11(13,14)9-4-2-1-3-8(9)10-5-6-15-7-16-10/h1-7H. The summed E-state index contributed by atoms with van der Waals surface area (Å²) in [5, 5.41) is 0. The van der Waals surface area contributed by atoms with Crippen molar-refractivity contribution in [2.45, 2.75) is 6.18 Å². The van der Waals surface area contributed by atoms with Gasteiger partial charge in [-0.2, -0.15) is 13.2 Å². The second-order valence-electron chi connectivity index (χ2n) is 3.14. The van der Waals surface area contributed by atoms with Gasteiger partial charge in [0.05, 0.1) is 11.3 Å². The van der Waals surface area contributed by atoms with E-state index in [2.05, 4.69) is 9.97 Å². The van der Waals surface area contributed by atoms with Gasteiger partial charge >= 0.3 is 6.18 Å². The van der Waals surface area contributed by atoms with Gasteiger partial charge in [-0.15, -0.1) is 0 Å². The topological polar surface area (TPSA) is 25.8 Å². The Bertz CT molecular complexity index is 480. The normalized spacial score (nSPS) is 11.4. The van der Waals surface area contributed by atoms with E-state index in [9.17, 15) is 13.2 Å². The Labute approximate surface area is 89.8 Å². The molecule has 0 aliphatic carbocycles. The van der Waals surface area contributed by atoms with Gasteiger partial charge in [0, 0.05) is 11.8 Å². The van der Waals surface area contributed by atoms with Gasteiger partial charge in [-0.3, -0.25) is 0 Å². The van der Waals surface area contributed by atoms with Crippen LogP contribution in [-0.4, -0.2) is 9.97 Å². The molecule has 82 valence electrons. The third-order valence-corrected chi connectivity index (χ3v) is 2.09. The van der Waals surface area contributed by atoms with Crippen molar-refractivity contribution in [2.24, 2.45) is 0 Å². The van der Waals surface area contributed by atoms with Crippen LogP contribution in [0.5, 0.6) is 0 Å². The Morgan fingerprint density at radius 1 is 1.00 bits per heavy atom. The van der Waals surface area contributed by atoms with E-state index >= 15 is 0 Å². The predicted molar refractivity (Wildman–Crippen MR) is 52.5 cm³/mol. The van der Waals surface area contributed by atoms with Gasteiger partial charge in [-0.05, 0) is 12.1 Å². The molecule has 0 amide bonds. The molecule has 2 nitrogen and oxygen atoms in total. The fourth-order valence-corrected chi connectivity index (χ4v) is 1.40. The molecule has 0 unspecified atom stereocenters. The first-order chi connectivity index (χ1) is 7.59. The average Bonchev–Trinajstić information content (AvgIpc) is 2.29. The summed E-state index contributed by atoms with van der Waals surface area (Å²) in [7, 11) is 0. The minimum atomic E-state index is -4.37. The molecule has 0 saturated carbocycles. The summed E-state index contributed by atoms with van der Waals surface area (Å²) in [5.41, 5.74) is -0.353. The fraction of sp³-hybridized carbons (Fsp3) is 0.0909. The molecule has 1 heterocycles. The van der Waals surface area contributed by atoms with Crippen LogP contribution in [0.25, 0.3) is 11.3 Å². The van der Waals surface area contributed by atoms with Crippen LogP contribution in [0.3, 0.4) is 0 Å². The number of hydrogen-bond donors (Lipinski definition) is 0. The van der Waals surface area contributed by atoms with Crippen molar-refractivity contribution in [3.05, 3.63) is 48.4 Å². The molecule has 1 aromatic carbocycles. The fourth-order valence-electron chi connectivity index (χ4n) is 1.40. The largest absolute Gasteiger partial charge is 0.417 e. The molecule has 5 heteroatoms. The first-order valence-electron chi connectivity index (χ1n) is 4.51. The molecule has 0 spiro atoms. The molecule has 0 bridgehead atoms. The summed E-state index contributed by atoms with van der Waals surface area (Å²) in [6.07, 6.45) is -1.74. The lowest BCUT2D eigenvalue weighted by molar-refractivity contribution is -0.137. The minimum absolute atomic E-state index is 0.0670. The van der Waals surface area contributed by atoms with Gasteiger partial charge < -0.3 is 0 Å². The summed E-state index contributed by atoms with van der Waals surface area (Å²) in [6.45, 7) is 0. The Kier molecular flexibility index (Phi) is 2.60. The van der Waals surface area contributed by atoms with Gasteiger partial charge in [0.2, 0.25) is 0 Å². The van der Waals surface area contributed by atoms with Crippen molar-refractivity contribution >= 4 is 0 Å². The first kappa shape index (κ1) is 10.6. The Morgan fingerprint density at radius 3 is 2.38 bits per heavy atom. The van der Waals surface area contributed by atoms with Crippen molar-refractivity contribution in [1.29, 1.82) is 0 Å². The highest BCUT2D eigenvalue weighted by atomic mass is 19.4. The van der Waals surface area contributed by atoms with E-state index in [-0.39, 0.29) is 11.3 Å². The van der Waals surface area contributed by atoms with Crippen molar-refractivity contribution in [3.63, 3.8) is 0 Å². The molecule has 1 aromatic heterocycles. The summed E-state index contributed by atoms with van der Waals surface area (Å²) < 4.78 is 38.1. The van der Waals surface area contributed by atoms with Crippen LogP contribution in [0.2, 0.25) is 0 Å². The van der Waals surface area contributed by atoms with E-state index < -0.39 is 11.7 Å². The average molecular weight is 224 g/mol. The van der Waals surface area contributed by atoms with Crippen LogP contribution in [0, 0.1) is 0 Å². The molecule has 0 fully saturated rings. The van der Waals surface area contributed by atoms with Gasteiger partial charge in [-0.25, -0.2) is 9.97 Å². The number of benzene rings is 1. The maximum atomic E-state index is 12.7. The van der Waals surface area contributed by atoms with Crippen LogP contribution in [0.15, 0.2) is 42.9 Å². The third-order valence-electron chi connectivity index (χ3n) is 2.09. The van der Waals surface area contributed by atoms with E-state index in [1.54, 1.807) is 6.07 Å².